The van der Waals surface area contributed by atoms with Gasteiger partial charge in [0, 0.05) is 35.2 Å². The van der Waals surface area contributed by atoms with Crippen LogP contribution in [-0.2, 0) is 16.8 Å². The standard InChI is InChI=1S/C22H23N3O/c1-14(2)13-25-19-10-6-4-8-17(19)22(21(25)26)20-16(11-12-23-22)15-7-3-5-9-18(15)24-20/h3-10,14,23-24H,11-13H2,1-2H3/t22-/m1/s1. The third kappa shape index (κ3) is 1.91. The minimum atomic E-state index is -0.794. The SMILES string of the molecule is CC(C)CN1C(=O)[C@@]2(NCCc3c2[nH]c2ccccc32)c2ccccc21. The van der Waals surface area contributed by atoms with E-state index in [1.165, 1.54) is 10.9 Å². The van der Waals surface area contributed by atoms with Crippen LogP contribution in [-0.4, -0.2) is 24.0 Å². The molecule has 1 aromatic heterocycles. The molecule has 2 aromatic carbocycles. The molecule has 2 aliphatic heterocycles. The molecule has 1 atom stereocenters. The quantitative estimate of drug-likeness (QED) is 0.746. The van der Waals surface area contributed by atoms with Gasteiger partial charge in [0.15, 0.2) is 5.54 Å². The molecule has 0 aliphatic carbocycles. The third-order valence-electron chi connectivity index (χ3n) is 5.67. The number of aromatic amines is 1. The van der Waals surface area contributed by atoms with E-state index in [1.54, 1.807) is 0 Å². The molecule has 132 valence electrons. The first-order valence-corrected chi connectivity index (χ1v) is 9.39. The highest BCUT2D eigenvalue weighted by molar-refractivity contribution is 6.11. The van der Waals surface area contributed by atoms with Crippen LogP contribution in [0.2, 0.25) is 0 Å². The van der Waals surface area contributed by atoms with Crippen LogP contribution in [0.5, 0.6) is 0 Å². The topological polar surface area (TPSA) is 48.1 Å². The number of H-pyrrole nitrogens is 1. The molecule has 26 heavy (non-hydrogen) atoms. The van der Waals surface area contributed by atoms with E-state index < -0.39 is 5.54 Å². The summed E-state index contributed by atoms with van der Waals surface area (Å²) in [7, 11) is 0. The van der Waals surface area contributed by atoms with Gasteiger partial charge in [-0.25, -0.2) is 0 Å². The van der Waals surface area contributed by atoms with Gasteiger partial charge in [0.2, 0.25) is 0 Å². The molecule has 0 saturated heterocycles. The van der Waals surface area contributed by atoms with Gasteiger partial charge < -0.3 is 9.88 Å². The first-order valence-electron chi connectivity index (χ1n) is 9.39. The lowest BCUT2D eigenvalue weighted by Gasteiger charge is -2.34. The maximum Gasteiger partial charge on any atom is 0.258 e. The molecule has 0 unspecified atom stereocenters. The predicted octanol–water partition coefficient (Wildman–Crippen LogP) is 3.56. The van der Waals surface area contributed by atoms with E-state index in [2.05, 4.69) is 54.5 Å². The lowest BCUT2D eigenvalue weighted by atomic mass is 9.82. The Morgan fingerprint density at radius 2 is 1.88 bits per heavy atom. The van der Waals surface area contributed by atoms with E-state index >= 15 is 0 Å². The number of carbonyl (C=O) groups excluding carboxylic acids is 1. The summed E-state index contributed by atoms with van der Waals surface area (Å²) in [6.45, 7) is 5.84. The summed E-state index contributed by atoms with van der Waals surface area (Å²) in [5, 5.41) is 4.83. The van der Waals surface area contributed by atoms with Crippen LogP contribution >= 0.6 is 0 Å². The number of aromatic nitrogens is 1. The number of nitrogens with one attached hydrogen (secondary N) is 2. The summed E-state index contributed by atoms with van der Waals surface area (Å²) in [5.74, 6) is 0.549. The second-order valence-electron chi connectivity index (χ2n) is 7.78. The van der Waals surface area contributed by atoms with Crippen LogP contribution in [0.4, 0.5) is 5.69 Å². The number of carbonyl (C=O) groups is 1. The van der Waals surface area contributed by atoms with E-state index in [1.807, 2.05) is 23.1 Å². The van der Waals surface area contributed by atoms with Crippen molar-refractivity contribution in [3.63, 3.8) is 0 Å². The lowest BCUT2D eigenvalue weighted by molar-refractivity contribution is -0.123. The second-order valence-corrected chi connectivity index (χ2v) is 7.78. The number of amides is 1. The zero-order chi connectivity index (χ0) is 17.9. The molecule has 1 amide bonds. The monoisotopic (exact) mass is 345 g/mol. The van der Waals surface area contributed by atoms with Gasteiger partial charge in [-0.3, -0.25) is 10.1 Å². The fourth-order valence-corrected chi connectivity index (χ4v) is 4.66. The Balaban J connectivity index is 1.79. The molecule has 4 nitrogen and oxygen atoms in total. The van der Waals surface area contributed by atoms with Crippen molar-refractivity contribution in [2.24, 2.45) is 5.92 Å². The van der Waals surface area contributed by atoms with Gasteiger partial charge in [-0.1, -0.05) is 50.2 Å². The molecule has 4 heteroatoms. The van der Waals surface area contributed by atoms with Crippen molar-refractivity contribution in [3.8, 4) is 0 Å². The van der Waals surface area contributed by atoms with E-state index in [4.69, 9.17) is 0 Å². The number of para-hydroxylation sites is 2. The number of benzene rings is 2. The Labute approximate surface area is 153 Å². The van der Waals surface area contributed by atoms with Gasteiger partial charge in [-0.15, -0.1) is 0 Å². The molecule has 2 aliphatic rings. The average molecular weight is 345 g/mol. The second kappa shape index (κ2) is 5.45. The van der Waals surface area contributed by atoms with Gasteiger partial charge in [0.05, 0.1) is 5.69 Å². The number of nitrogens with zero attached hydrogens (tertiary/aromatic N) is 1. The summed E-state index contributed by atoms with van der Waals surface area (Å²) in [4.78, 5) is 19.3. The number of rotatable bonds is 2. The first-order chi connectivity index (χ1) is 12.6. The smallest absolute Gasteiger partial charge is 0.258 e. The van der Waals surface area contributed by atoms with Crippen molar-refractivity contribution < 1.29 is 4.79 Å². The largest absolute Gasteiger partial charge is 0.356 e. The molecular formula is C22H23N3O. The molecule has 0 bridgehead atoms. The van der Waals surface area contributed by atoms with Crippen LogP contribution in [0.3, 0.4) is 0 Å². The van der Waals surface area contributed by atoms with Crippen molar-refractivity contribution in [1.29, 1.82) is 0 Å². The minimum Gasteiger partial charge on any atom is -0.356 e. The van der Waals surface area contributed by atoms with Gasteiger partial charge in [0.25, 0.3) is 5.91 Å². The van der Waals surface area contributed by atoms with Crippen molar-refractivity contribution in [3.05, 3.63) is 65.4 Å². The van der Waals surface area contributed by atoms with Crippen LogP contribution in [0.1, 0.15) is 30.7 Å². The Morgan fingerprint density at radius 1 is 1.12 bits per heavy atom. The maximum absolute atomic E-state index is 13.8. The maximum atomic E-state index is 13.8. The Kier molecular flexibility index (Phi) is 3.28. The third-order valence-corrected chi connectivity index (χ3v) is 5.67. The van der Waals surface area contributed by atoms with Gasteiger partial charge in [-0.05, 0) is 30.0 Å². The fourth-order valence-electron chi connectivity index (χ4n) is 4.66. The molecule has 0 radical (unpaired) electrons. The van der Waals surface area contributed by atoms with Crippen LogP contribution in [0.15, 0.2) is 48.5 Å². The van der Waals surface area contributed by atoms with Crippen molar-refractivity contribution in [1.82, 2.24) is 10.3 Å². The molecule has 0 saturated carbocycles. The van der Waals surface area contributed by atoms with Crippen molar-refractivity contribution >= 4 is 22.5 Å². The van der Waals surface area contributed by atoms with Gasteiger partial charge in [0.1, 0.15) is 0 Å². The highest BCUT2D eigenvalue weighted by Gasteiger charge is 2.55. The van der Waals surface area contributed by atoms with Crippen molar-refractivity contribution in [2.45, 2.75) is 25.8 Å². The summed E-state index contributed by atoms with van der Waals surface area (Å²) < 4.78 is 0. The van der Waals surface area contributed by atoms with Crippen LogP contribution in [0, 0.1) is 5.92 Å². The normalized spacial score (nSPS) is 21.7. The van der Waals surface area contributed by atoms with Gasteiger partial charge in [-0.2, -0.15) is 0 Å². The highest BCUT2D eigenvalue weighted by atomic mass is 16.2. The van der Waals surface area contributed by atoms with E-state index in [0.717, 1.165) is 42.0 Å². The fraction of sp³-hybridized carbons (Fsp3) is 0.318. The van der Waals surface area contributed by atoms with Crippen LogP contribution < -0.4 is 10.2 Å². The number of fused-ring (bicyclic) bond motifs is 6. The average Bonchev–Trinajstić information content (AvgIpc) is 3.13. The lowest BCUT2D eigenvalue weighted by Crippen LogP contribution is -2.55. The number of hydrogen-bond acceptors (Lipinski definition) is 2. The summed E-state index contributed by atoms with van der Waals surface area (Å²) >= 11 is 0. The Hall–Kier alpha value is -2.59. The van der Waals surface area contributed by atoms with Crippen LogP contribution in [0.25, 0.3) is 10.9 Å². The zero-order valence-electron chi connectivity index (χ0n) is 15.2. The van der Waals surface area contributed by atoms with Crippen molar-refractivity contribution in [2.75, 3.05) is 18.0 Å². The molecule has 2 N–H and O–H groups in total. The summed E-state index contributed by atoms with van der Waals surface area (Å²) in [5.41, 5.74) is 4.71. The molecule has 3 aromatic rings. The molecular weight excluding hydrogens is 322 g/mol. The predicted molar refractivity (Wildman–Crippen MR) is 104 cm³/mol. The Bertz CT molecular complexity index is 1020. The summed E-state index contributed by atoms with van der Waals surface area (Å²) in [6.07, 6.45) is 0.931. The van der Waals surface area contributed by atoms with E-state index in [9.17, 15) is 4.79 Å². The molecule has 1 spiro atoms. The first kappa shape index (κ1) is 15.6. The number of anilines is 1. The van der Waals surface area contributed by atoms with E-state index in [-0.39, 0.29) is 5.91 Å². The minimum absolute atomic E-state index is 0.139. The Morgan fingerprint density at radius 3 is 2.73 bits per heavy atom. The van der Waals surface area contributed by atoms with E-state index in [0.29, 0.717) is 5.92 Å². The van der Waals surface area contributed by atoms with Gasteiger partial charge >= 0.3 is 0 Å². The molecule has 0 fully saturated rings. The molecule has 5 rings (SSSR count). The zero-order valence-corrected chi connectivity index (χ0v) is 15.2. The highest BCUT2D eigenvalue weighted by Crippen LogP contribution is 2.47. The number of hydrogen-bond donors (Lipinski definition) is 2. The molecule has 3 heterocycles. The summed E-state index contributed by atoms with van der Waals surface area (Å²) in [6, 6.07) is 16.6.